The van der Waals surface area contributed by atoms with Crippen molar-refractivity contribution < 1.29 is 28.5 Å². The fraction of sp³-hybridized carbons (Fsp3) is 0.364. The van der Waals surface area contributed by atoms with Crippen molar-refractivity contribution in [1.29, 1.82) is 0 Å². The van der Waals surface area contributed by atoms with Crippen LogP contribution in [0.2, 0.25) is 10.0 Å². The van der Waals surface area contributed by atoms with E-state index >= 15 is 0 Å². The third kappa shape index (κ3) is 6.49. The van der Waals surface area contributed by atoms with E-state index in [0.29, 0.717) is 30.5 Å². The van der Waals surface area contributed by atoms with E-state index in [2.05, 4.69) is 15.5 Å². The summed E-state index contributed by atoms with van der Waals surface area (Å²) < 4.78 is 21.5. The third-order valence-corrected chi connectivity index (χ3v) is 4.95. The first-order valence-electron chi connectivity index (χ1n) is 9.99. The number of halogens is 2. The van der Waals surface area contributed by atoms with Gasteiger partial charge in [0.15, 0.2) is 28.8 Å². The number of hydrogen-bond donors (Lipinski definition) is 1. The number of rotatable bonds is 11. The van der Waals surface area contributed by atoms with Gasteiger partial charge < -0.3 is 24.3 Å². The number of Topliss-reactive ketones (excluding diaryl/α,β-unsaturated/α-hetero) is 1. The van der Waals surface area contributed by atoms with Crippen molar-refractivity contribution in [1.82, 2.24) is 0 Å². The molecule has 0 saturated heterocycles. The summed E-state index contributed by atoms with van der Waals surface area (Å²) in [5.41, 5.74) is 0.435. The monoisotopic (exact) mass is 497 g/mol. The zero-order valence-electron chi connectivity index (χ0n) is 18.9. The van der Waals surface area contributed by atoms with E-state index in [1.807, 2.05) is 13.8 Å². The lowest BCUT2D eigenvalue weighted by molar-refractivity contribution is -0.126. The molecule has 1 atom stereocenters. The maximum Gasteiger partial charge on any atom is 0.258 e. The average Bonchev–Trinajstić information content (AvgIpc) is 2.77. The summed E-state index contributed by atoms with van der Waals surface area (Å²) in [7, 11) is 2.89. The molecule has 178 valence electrons. The van der Waals surface area contributed by atoms with Gasteiger partial charge in [-0.15, -0.1) is 0 Å². The van der Waals surface area contributed by atoms with Crippen LogP contribution in [0.5, 0.6) is 23.0 Å². The van der Waals surface area contributed by atoms with Gasteiger partial charge in [0.25, 0.3) is 5.91 Å². The fourth-order valence-corrected chi connectivity index (χ4v) is 3.24. The molecule has 33 heavy (non-hydrogen) atoms. The molecule has 0 radical (unpaired) electrons. The van der Waals surface area contributed by atoms with Gasteiger partial charge in [-0.25, -0.2) is 0 Å². The Hall–Kier alpha value is -3.04. The van der Waals surface area contributed by atoms with Crippen molar-refractivity contribution in [3.8, 4) is 23.0 Å². The Labute approximate surface area is 202 Å². The maximum absolute atomic E-state index is 12.8. The number of carbonyl (C=O) groups excluding carboxylic acids is 2. The van der Waals surface area contributed by atoms with Gasteiger partial charge in [-0.3, -0.25) is 9.59 Å². The van der Waals surface area contributed by atoms with Gasteiger partial charge in [-0.2, -0.15) is 10.2 Å². The fourth-order valence-electron chi connectivity index (χ4n) is 2.76. The first-order chi connectivity index (χ1) is 15.8. The number of benzene rings is 2. The second kappa shape index (κ2) is 12.3. The number of ketones is 1. The molecule has 0 aliphatic heterocycles. The summed E-state index contributed by atoms with van der Waals surface area (Å²) in [6.07, 6.45) is 0. The Kier molecular flexibility index (Phi) is 9.74. The largest absolute Gasteiger partial charge is 0.493 e. The zero-order valence-corrected chi connectivity index (χ0v) is 20.4. The van der Waals surface area contributed by atoms with Crippen LogP contribution in [-0.2, 0) is 9.59 Å². The van der Waals surface area contributed by atoms with Crippen LogP contribution < -0.4 is 24.3 Å². The Bertz CT molecular complexity index is 1050. The molecule has 2 aromatic rings. The van der Waals surface area contributed by atoms with Crippen molar-refractivity contribution in [2.75, 3.05) is 32.8 Å². The molecule has 9 nitrogen and oxygen atoms in total. The molecule has 1 amide bonds. The molecule has 0 aliphatic rings. The van der Waals surface area contributed by atoms with Crippen molar-refractivity contribution in [3.63, 3.8) is 0 Å². The van der Waals surface area contributed by atoms with E-state index in [-0.39, 0.29) is 27.2 Å². The molecule has 1 unspecified atom stereocenters. The Morgan fingerprint density at radius 3 is 2.18 bits per heavy atom. The lowest BCUT2D eigenvalue weighted by Crippen LogP contribution is -2.32. The van der Waals surface area contributed by atoms with Gasteiger partial charge >= 0.3 is 0 Å². The maximum atomic E-state index is 12.8. The van der Waals surface area contributed by atoms with Gasteiger partial charge in [0.1, 0.15) is 10.7 Å². The van der Waals surface area contributed by atoms with Gasteiger partial charge in [0.05, 0.1) is 38.1 Å². The number of amides is 1. The topological polar surface area (TPSA) is 108 Å². The van der Waals surface area contributed by atoms with Crippen LogP contribution in [0.1, 0.15) is 20.8 Å². The van der Waals surface area contributed by atoms with Gasteiger partial charge in [-0.05, 0) is 32.9 Å². The SMILES string of the molecule is CCOc1cc(Cl)c(NC(=O)C(N=Nc2ccc(OC)c(OC)c2Cl)C(C)=O)cc1OCC. The van der Waals surface area contributed by atoms with Gasteiger partial charge in [0, 0.05) is 12.1 Å². The van der Waals surface area contributed by atoms with Crippen LogP contribution >= 0.6 is 23.2 Å². The molecule has 0 bridgehead atoms. The molecule has 1 N–H and O–H groups in total. The first kappa shape index (κ1) is 26.2. The smallest absolute Gasteiger partial charge is 0.258 e. The Morgan fingerprint density at radius 2 is 1.64 bits per heavy atom. The van der Waals surface area contributed by atoms with Crippen molar-refractivity contribution in [3.05, 3.63) is 34.3 Å². The molecule has 0 heterocycles. The molecule has 0 aliphatic carbocycles. The summed E-state index contributed by atoms with van der Waals surface area (Å²) in [6.45, 7) is 5.66. The molecular formula is C22H25Cl2N3O6. The molecule has 11 heteroatoms. The Morgan fingerprint density at radius 1 is 1.00 bits per heavy atom. The number of azo groups is 1. The summed E-state index contributed by atoms with van der Waals surface area (Å²) in [5.74, 6) is 0.239. The van der Waals surface area contributed by atoms with E-state index in [4.69, 9.17) is 42.1 Å². The minimum Gasteiger partial charge on any atom is -0.493 e. The molecule has 0 spiro atoms. The van der Waals surface area contributed by atoms with Gasteiger partial charge in [0.2, 0.25) is 6.04 Å². The number of ether oxygens (including phenoxy) is 4. The van der Waals surface area contributed by atoms with E-state index in [1.54, 1.807) is 6.07 Å². The van der Waals surface area contributed by atoms with Crippen molar-refractivity contribution >= 4 is 46.3 Å². The molecule has 0 aromatic heterocycles. The molecule has 2 rings (SSSR count). The number of nitrogens with one attached hydrogen (secondary N) is 1. The van der Waals surface area contributed by atoms with E-state index in [1.165, 1.54) is 39.3 Å². The van der Waals surface area contributed by atoms with E-state index in [0.717, 1.165) is 0 Å². The normalized spacial score (nSPS) is 11.7. The second-order valence-electron chi connectivity index (χ2n) is 6.50. The van der Waals surface area contributed by atoms with Crippen LogP contribution in [0.15, 0.2) is 34.5 Å². The summed E-state index contributed by atoms with van der Waals surface area (Å²) in [6, 6.07) is 4.72. The predicted molar refractivity (Wildman–Crippen MR) is 126 cm³/mol. The summed E-state index contributed by atoms with van der Waals surface area (Å²) >= 11 is 12.6. The number of anilines is 1. The van der Waals surface area contributed by atoms with Crippen LogP contribution in [-0.4, -0.2) is 45.2 Å². The highest BCUT2D eigenvalue weighted by atomic mass is 35.5. The number of methoxy groups -OCH3 is 2. The van der Waals surface area contributed by atoms with Gasteiger partial charge in [-0.1, -0.05) is 23.2 Å². The average molecular weight is 498 g/mol. The minimum atomic E-state index is -1.44. The highest BCUT2D eigenvalue weighted by molar-refractivity contribution is 6.35. The van der Waals surface area contributed by atoms with Crippen molar-refractivity contribution in [2.24, 2.45) is 10.2 Å². The Balaban J connectivity index is 2.32. The highest BCUT2D eigenvalue weighted by Crippen LogP contribution is 2.41. The van der Waals surface area contributed by atoms with Crippen LogP contribution in [0, 0.1) is 0 Å². The number of nitrogens with zero attached hydrogens (tertiary/aromatic N) is 2. The lowest BCUT2D eigenvalue weighted by atomic mass is 10.2. The lowest BCUT2D eigenvalue weighted by Gasteiger charge is -2.15. The molecule has 0 fully saturated rings. The van der Waals surface area contributed by atoms with Crippen LogP contribution in [0.4, 0.5) is 11.4 Å². The number of hydrogen-bond acceptors (Lipinski definition) is 8. The van der Waals surface area contributed by atoms with Crippen LogP contribution in [0.3, 0.4) is 0 Å². The molecular weight excluding hydrogens is 473 g/mol. The molecule has 0 saturated carbocycles. The van der Waals surface area contributed by atoms with Crippen molar-refractivity contribution in [2.45, 2.75) is 26.8 Å². The molecule has 2 aromatic carbocycles. The van der Waals surface area contributed by atoms with E-state index < -0.39 is 17.7 Å². The predicted octanol–water partition coefficient (Wildman–Crippen LogP) is 5.49. The zero-order chi connectivity index (χ0) is 24.5. The third-order valence-electron chi connectivity index (χ3n) is 4.27. The summed E-state index contributed by atoms with van der Waals surface area (Å²) in [4.78, 5) is 25.0. The first-order valence-corrected chi connectivity index (χ1v) is 10.7. The second-order valence-corrected chi connectivity index (χ2v) is 7.28. The quantitative estimate of drug-likeness (QED) is 0.324. The number of carbonyl (C=O) groups is 2. The summed E-state index contributed by atoms with van der Waals surface area (Å²) in [5, 5.41) is 10.8. The highest BCUT2D eigenvalue weighted by Gasteiger charge is 2.25. The van der Waals surface area contributed by atoms with Crippen LogP contribution in [0.25, 0.3) is 0 Å². The minimum absolute atomic E-state index is 0.124. The van der Waals surface area contributed by atoms with E-state index in [9.17, 15) is 9.59 Å². The standard InChI is InChI=1S/C22H25Cl2N3O6/c1-6-32-17-10-13(23)15(11-18(17)33-7-2)25-22(29)20(12(3)28)27-26-14-8-9-16(30-4)21(31-5)19(14)24/h8-11,20H,6-7H2,1-5H3,(H,25,29).